The van der Waals surface area contributed by atoms with Crippen LogP contribution in [0.4, 0.5) is 8.78 Å². The number of aromatic amines is 1. The van der Waals surface area contributed by atoms with Crippen molar-refractivity contribution in [1.29, 1.82) is 0 Å². The van der Waals surface area contributed by atoms with Gasteiger partial charge in [0.25, 0.3) is 11.8 Å². The van der Waals surface area contributed by atoms with Gasteiger partial charge in [-0.05, 0) is 0 Å². The Kier molecular flexibility index (Phi) is 4.07. The highest BCUT2D eigenvalue weighted by molar-refractivity contribution is 5.94. The van der Waals surface area contributed by atoms with Gasteiger partial charge in [-0.3, -0.25) is 9.89 Å². The van der Waals surface area contributed by atoms with Gasteiger partial charge in [0.2, 0.25) is 5.89 Å². The molecule has 0 saturated carbocycles. The number of nitrogens with zero attached hydrogens (tertiary/aromatic N) is 4. The van der Waals surface area contributed by atoms with Crippen molar-refractivity contribution in [1.82, 2.24) is 25.2 Å². The van der Waals surface area contributed by atoms with Gasteiger partial charge >= 0.3 is 0 Å². The van der Waals surface area contributed by atoms with Crippen molar-refractivity contribution in [3.8, 4) is 0 Å². The molecule has 10 heteroatoms. The van der Waals surface area contributed by atoms with E-state index in [9.17, 15) is 13.6 Å². The normalized spacial score (nSPS) is 20.1. The van der Waals surface area contributed by atoms with Gasteiger partial charge in [0.1, 0.15) is 6.04 Å². The first-order valence-electron chi connectivity index (χ1n) is 6.99. The zero-order chi connectivity index (χ0) is 16.4. The molecule has 1 amide bonds. The van der Waals surface area contributed by atoms with Crippen LogP contribution in [0.3, 0.4) is 0 Å². The molecule has 1 atom stereocenters. The molecule has 0 unspecified atom stereocenters. The molecule has 3 rings (SSSR count). The second kappa shape index (κ2) is 6.03. The van der Waals surface area contributed by atoms with E-state index in [1.807, 2.05) is 0 Å². The molecule has 0 spiro atoms. The predicted octanol–water partition coefficient (Wildman–Crippen LogP) is 1.20. The molecule has 8 nitrogen and oxygen atoms in total. The van der Waals surface area contributed by atoms with Crippen LogP contribution in [0.5, 0.6) is 0 Å². The molecule has 124 valence electrons. The molecule has 0 aromatic carbocycles. The largest absolute Gasteiger partial charge is 0.384 e. The Balaban J connectivity index is 1.83. The highest BCUT2D eigenvalue weighted by atomic mass is 19.3. The average Bonchev–Trinajstić information content (AvgIpc) is 3.23. The first kappa shape index (κ1) is 15.5. The van der Waals surface area contributed by atoms with Crippen LogP contribution in [-0.4, -0.2) is 57.3 Å². The quantitative estimate of drug-likeness (QED) is 0.886. The SMILES string of the molecule is COCCc1noc([C@@H]2CC(F)(F)CN2C(=O)c2cn[nH]c2)n1. The molecule has 2 aromatic heterocycles. The third-order valence-corrected chi connectivity index (χ3v) is 3.57. The monoisotopic (exact) mass is 327 g/mol. The van der Waals surface area contributed by atoms with Gasteiger partial charge in [-0.15, -0.1) is 0 Å². The average molecular weight is 327 g/mol. The standard InChI is InChI=1S/C13H15F2N5O3/c1-22-3-2-10-18-11(23-19-10)9-4-13(14,15)7-20(9)12(21)8-5-16-17-6-8/h5-6,9H,2-4,7H2,1H3,(H,16,17)/t9-/m0/s1. The second-order valence-electron chi connectivity index (χ2n) is 5.29. The van der Waals surface area contributed by atoms with Crippen molar-refractivity contribution >= 4 is 5.91 Å². The number of H-pyrrole nitrogens is 1. The Bertz CT molecular complexity index is 673. The maximum Gasteiger partial charge on any atom is 0.267 e. The number of methoxy groups -OCH3 is 1. The third-order valence-electron chi connectivity index (χ3n) is 3.57. The van der Waals surface area contributed by atoms with Crippen LogP contribution in [0, 0.1) is 0 Å². The summed E-state index contributed by atoms with van der Waals surface area (Å²) in [6.45, 7) is -0.311. The molecule has 0 bridgehead atoms. The topological polar surface area (TPSA) is 97.1 Å². The van der Waals surface area contributed by atoms with Crippen LogP contribution >= 0.6 is 0 Å². The molecule has 1 fully saturated rings. The van der Waals surface area contributed by atoms with Crippen molar-refractivity contribution in [2.24, 2.45) is 0 Å². The summed E-state index contributed by atoms with van der Waals surface area (Å²) in [7, 11) is 1.53. The van der Waals surface area contributed by atoms with Crippen LogP contribution in [0.2, 0.25) is 0 Å². The number of aromatic nitrogens is 4. The van der Waals surface area contributed by atoms with E-state index in [2.05, 4.69) is 20.3 Å². The van der Waals surface area contributed by atoms with Gasteiger partial charge in [-0.1, -0.05) is 5.16 Å². The van der Waals surface area contributed by atoms with E-state index >= 15 is 0 Å². The summed E-state index contributed by atoms with van der Waals surface area (Å²) < 4.78 is 37.6. The molecular formula is C13H15F2N5O3. The Morgan fingerprint density at radius 1 is 1.61 bits per heavy atom. The highest BCUT2D eigenvalue weighted by Gasteiger charge is 2.50. The summed E-state index contributed by atoms with van der Waals surface area (Å²) in [6.07, 6.45) is 2.49. The Morgan fingerprint density at radius 2 is 2.43 bits per heavy atom. The molecule has 1 saturated heterocycles. The van der Waals surface area contributed by atoms with Crippen LogP contribution in [0.1, 0.15) is 34.5 Å². The number of likely N-dealkylation sites (tertiary alicyclic amines) is 1. The lowest BCUT2D eigenvalue weighted by Gasteiger charge is -2.20. The number of nitrogens with one attached hydrogen (secondary N) is 1. The fourth-order valence-electron chi connectivity index (χ4n) is 2.48. The van der Waals surface area contributed by atoms with Crippen molar-refractivity contribution in [2.45, 2.75) is 24.8 Å². The van der Waals surface area contributed by atoms with E-state index in [1.165, 1.54) is 19.5 Å². The van der Waals surface area contributed by atoms with Crippen LogP contribution in [-0.2, 0) is 11.2 Å². The molecule has 2 aromatic rings. The predicted molar refractivity (Wildman–Crippen MR) is 71.8 cm³/mol. The van der Waals surface area contributed by atoms with Crippen molar-refractivity contribution in [2.75, 3.05) is 20.3 Å². The molecule has 1 N–H and O–H groups in total. The summed E-state index contributed by atoms with van der Waals surface area (Å²) >= 11 is 0. The first-order valence-corrected chi connectivity index (χ1v) is 6.99. The molecule has 0 aliphatic carbocycles. The number of halogens is 2. The molecule has 23 heavy (non-hydrogen) atoms. The fraction of sp³-hybridized carbons (Fsp3) is 0.538. The minimum Gasteiger partial charge on any atom is -0.384 e. The van der Waals surface area contributed by atoms with Gasteiger partial charge in [-0.2, -0.15) is 10.1 Å². The minimum atomic E-state index is -3.01. The number of ether oxygens (including phenoxy) is 1. The Labute approximate surface area is 129 Å². The number of amides is 1. The Hall–Kier alpha value is -2.36. The molecule has 1 aliphatic rings. The summed E-state index contributed by atoms with van der Waals surface area (Å²) in [5.74, 6) is -3.21. The second-order valence-corrected chi connectivity index (χ2v) is 5.29. The van der Waals surface area contributed by atoms with E-state index in [0.29, 0.717) is 18.9 Å². The number of alkyl halides is 2. The summed E-state index contributed by atoms with van der Waals surface area (Å²) in [5, 5.41) is 9.88. The van der Waals surface area contributed by atoms with Crippen molar-refractivity contribution in [3.05, 3.63) is 29.7 Å². The van der Waals surface area contributed by atoms with E-state index in [0.717, 1.165) is 4.90 Å². The lowest BCUT2D eigenvalue weighted by Crippen LogP contribution is -2.33. The van der Waals surface area contributed by atoms with E-state index < -0.39 is 30.8 Å². The lowest BCUT2D eigenvalue weighted by molar-refractivity contribution is 0.0117. The van der Waals surface area contributed by atoms with Crippen LogP contribution in [0.25, 0.3) is 0 Å². The number of hydrogen-bond donors (Lipinski definition) is 1. The van der Waals surface area contributed by atoms with Gasteiger partial charge in [-0.25, -0.2) is 8.78 Å². The van der Waals surface area contributed by atoms with Crippen LogP contribution in [0.15, 0.2) is 16.9 Å². The zero-order valence-corrected chi connectivity index (χ0v) is 12.3. The minimum absolute atomic E-state index is 0.00474. The van der Waals surface area contributed by atoms with Crippen LogP contribution < -0.4 is 0 Å². The lowest BCUT2D eigenvalue weighted by atomic mass is 10.2. The third kappa shape index (κ3) is 3.21. The Morgan fingerprint density at radius 3 is 3.13 bits per heavy atom. The highest BCUT2D eigenvalue weighted by Crippen LogP contribution is 2.41. The molecular weight excluding hydrogens is 312 g/mol. The summed E-state index contributed by atoms with van der Waals surface area (Å²) in [4.78, 5) is 17.5. The maximum atomic E-state index is 13.8. The number of rotatable bonds is 5. The van der Waals surface area contributed by atoms with Crippen molar-refractivity contribution < 1.29 is 22.8 Å². The van der Waals surface area contributed by atoms with Gasteiger partial charge in [0.15, 0.2) is 5.82 Å². The maximum absolute atomic E-state index is 13.8. The summed E-state index contributed by atoms with van der Waals surface area (Å²) in [5.41, 5.74) is 0.201. The smallest absolute Gasteiger partial charge is 0.267 e. The van der Waals surface area contributed by atoms with Crippen molar-refractivity contribution in [3.63, 3.8) is 0 Å². The molecule has 1 aliphatic heterocycles. The summed E-state index contributed by atoms with van der Waals surface area (Å²) in [6, 6.07) is -0.962. The molecule has 3 heterocycles. The van der Waals surface area contributed by atoms with Gasteiger partial charge in [0, 0.05) is 26.1 Å². The van der Waals surface area contributed by atoms with E-state index in [-0.39, 0.29) is 11.5 Å². The number of hydrogen-bond acceptors (Lipinski definition) is 6. The van der Waals surface area contributed by atoms with Gasteiger partial charge in [0.05, 0.1) is 24.9 Å². The zero-order valence-electron chi connectivity index (χ0n) is 12.3. The van der Waals surface area contributed by atoms with Gasteiger partial charge < -0.3 is 14.2 Å². The number of carbonyl (C=O) groups is 1. The fourth-order valence-corrected chi connectivity index (χ4v) is 2.48. The van der Waals surface area contributed by atoms with E-state index in [4.69, 9.17) is 9.26 Å². The number of carbonyl (C=O) groups excluding carboxylic acids is 1. The van der Waals surface area contributed by atoms with E-state index in [1.54, 1.807) is 0 Å². The first-order chi connectivity index (χ1) is 11.0. The molecule has 0 radical (unpaired) electrons.